The molecule has 0 aliphatic heterocycles. The molecular formula is C12H12F3NO4S. The Morgan fingerprint density at radius 3 is 2.43 bits per heavy atom. The number of rotatable bonds is 3. The maximum Gasteiger partial charge on any atom is 0.416 e. The van der Waals surface area contributed by atoms with Crippen LogP contribution >= 0.6 is 0 Å². The van der Waals surface area contributed by atoms with Gasteiger partial charge in [-0.15, -0.1) is 0 Å². The molecule has 9 heteroatoms. The number of nitrogens with one attached hydrogen (secondary N) is 1. The van der Waals surface area contributed by atoms with E-state index in [0.29, 0.717) is 6.07 Å². The molecule has 1 aromatic carbocycles. The Kier molecular flexibility index (Phi) is 3.87. The van der Waals surface area contributed by atoms with Crippen LogP contribution in [0.2, 0.25) is 0 Å². The van der Waals surface area contributed by atoms with Crippen LogP contribution in [0.15, 0.2) is 29.2 Å². The third-order valence-electron chi connectivity index (χ3n) is 3.35. The van der Waals surface area contributed by atoms with Crippen LogP contribution < -0.4 is 5.32 Å². The third kappa shape index (κ3) is 3.29. The second-order valence-electron chi connectivity index (χ2n) is 4.81. The summed E-state index contributed by atoms with van der Waals surface area (Å²) in [7, 11) is -3.89. The summed E-state index contributed by atoms with van der Waals surface area (Å²) in [4.78, 5) is 10.0. The molecule has 1 aromatic rings. The van der Waals surface area contributed by atoms with Crippen LogP contribution in [-0.2, 0) is 16.0 Å². The van der Waals surface area contributed by atoms with Gasteiger partial charge in [-0.25, -0.2) is 13.2 Å². The third-order valence-corrected chi connectivity index (χ3v) is 5.52. The Labute approximate surface area is 118 Å². The summed E-state index contributed by atoms with van der Waals surface area (Å²) in [5.74, 6) is 0. The minimum atomic E-state index is -4.61. The summed E-state index contributed by atoms with van der Waals surface area (Å²) < 4.78 is 62.1. The van der Waals surface area contributed by atoms with Crippen LogP contribution in [0.25, 0.3) is 0 Å². The molecule has 0 radical (unpaired) electrons. The highest BCUT2D eigenvalue weighted by Gasteiger charge is 2.41. The zero-order chi connectivity index (χ0) is 15.8. The van der Waals surface area contributed by atoms with Gasteiger partial charge in [-0.05, 0) is 31.0 Å². The molecule has 5 nitrogen and oxygen atoms in total. The maximum absolute atomic E-state index is 12.6. The number of alkyl halides is 3. The van der Waals surface area contributed by atoms with E-state index in [-0.39, 0.29) is 12.8 Å². The lowest BCUT2D eigenvalue weighted by Gasteiger charge is -2.34. The summed E-state index contributed by atoms with van der Waals surface area (Å²) in [6.45, 7) is 0. The van der Waals surface area contributed by atoms with Crippen LogP contribution in [0, 0.1) is 0 Å². The van der Waals surface area contributed by atoms with Gasteiger partial charge in [-0.3, -0.25) is 0 Å². The van der Waals surface area contributed by atoms with Crippen molar-refractivity contribution < 1.29 is 31.5 Å². The molecule has 0 spiro atoms. The van der Waals surface area contributed by atoms with Crippen LogP contribution in [0.3, 0.4) is 0 Å². The van der Waals surface area contributed by atoms with E-state index in [0.717, 1.165) is 18.2 Å². The first-order chi connectivity index (χ1) is 9.60. The van der Waals surface area contributed by atoms with Gasteiger partial charge in [0.15, 0.2) is 9.84 Å². The van der Waals surface area contributed by atoms with Gasteiger partial charge in [0.05, 0.1) is 15.7 Å². The molecule has 0 atom stereocenters. The molecule has 0 unspecified atom stereocenters. The normalized spacial score (nSPS) is 22.4. The lowest BCUT2D eigenvalue weighted by molar-refractivity contribution is -0.137. The van der Waals surface area contributed by atoms with E-state index in [1.807, 2.05) is 0 Å². The van der Waals surface area contributed by atoms with E-state index in [1.165, 1.54) is 0 Å². The summed E-state index contributed by atoms with van der Waals surface area (Å²) in [5, 5.41) is 9.77. The molecule has 1 aliphatic carbocycles. The van der Waals surface area contributed by atoms with Crippen molar-refractivity contribution in [2.24, 2.45) is 0 Å². The Hall–Kier alpha value is -1.77. The monoisotopic (exact) mass is 323 g/mol. The first-order valence-corrected chi connectivity index (χ1v) is 7.56. The Bertz CT molecular complexity index is 651. The number of hydrogen-bond acceptors (Lipinski definition) is 3. The lowest BCUT2D eigenvalue weighted by atomic mass is 9.92. The molecule has 2 N–H and O–H groups in total. The Morgan fingerprint density at radius 2 is 1.90 bits per heavy atom. The maximum atomic E-state index is 12.6. The smallest absolute Gasteiger partial charge is 0.416 e. The highest BCUT2D eigenvalue weighted by Crippen LogP contribution is 2.35. The van der Waals surface area contributed by atoms with Gasteiger partial charge >= 0.3 is 12.3 Å². The molecular weight excluding hydrogens is 311 g/mol. The van der Waals surface area contributed by atoms with E-state index < -0.39 is 43.9 Å². The fourth-order valence-electron chi connectivity index (χ4n) is 2.15. The zero-order valence-corrected chi connectivity index (χ0v) is 11.4. The number of sulfone groups is 1. The summed E-state index contributed by atoms with van der Waals surface area (Å²) in [6.07, 6.45) is -5.75. The molecule has 1 amide bonds. The molecule has 1 fully saturated rings. The molecule has 1 saturated carbocycles. The predicted octanol–water partition coefficient (Wildman–Crippen LogP) is 2.28. The molecule has 0 saturated heterocycles. The Morgan fingerprint density at radius 1 is 1.29 bits per heavy atom. The van der Waals surface area contributed by atoms with Crippen molar-refractivity contribution in [1.82, 2.24) is 5.32 Å². The van der Waals surface area contributed by atoms with Crippen LogP contribution in [0.1, 0.15) is 18.4 Å². The largest absolute Gasteiger partial charge is 0.465 e. The summed E-state index contributed by atoms with van der Waals surface area (Å²) >= 11 is 0. The molecule has 116 valence electrons. The van der Waals surface area contributed by atoms with Crippen molar-refractivity contribution in [1.29, 1.82) is 0 Å². The number of benzene rings is 1. The standard InChI is InChI=1S/C12H12F3NO4S/c13-12(14,15)7-2-1-3-9(4-7)21(19,20)10-5-8(6-10)16-11(17)18/h1-4,8,10,16H,5-6H2,(H,17,18). The number of halogens is 3. The van der Waals surface area contributed by atoms with E-state index in [4.69, 9.17) is 5.11 Å². The van der Waals surface area contributed by atoms with E-state index in [9.17, 15) is 26.4 Å². The molecule has 21 heavy (non-hydrogen) atoms. The SMILES string of the molecule is O=C(O)NC1CC(S(=O)(=O)c2cccc(C(F)(F)F)c2)C1. The van der Waals surface area contributed by atoms with Crippen LogP contribution in [0.4, 0.5) is 18.0 Å². The van der Waals surface area contributed by atoms with Crippen molar-refractivity contribution in [3.05, 3.63) is 29.8 Å². The number of hydrogen-bond donors (Lipinski definition) is 2. The number of carboxylic acid groups (broad SMARTS) is 1. The van der Waals surface area contributed by atoms with Gasteiger partial charge in [0.25, 0.3) is 0 Å². The van der Waals surface area contributed by atoms with Crippen molar-refractivity contribution in [3.8, 4) is 0 Å². The highest BCUT2D eigenvalue weighted by atomic mass is 32.2. The molecule has 0 aromatic heterocycles. The number of amides is 1. The van der Waals surface area contributed by atoms with Crippen LogP contribution in [0.5, 0.6) is 0 Å². The summed E-state index contributed by atoms with van der Waals surface area (Å²) in [6, 6.07) is 3.08. The fourth-order valence-corrected chi connectivity index (χ4v) is 4.07. The van der Waals surface area contributed by atoms with Crippen molar-refractivity contribution in [2.75, 3.05) is 0 Å². The van der Waals surface area contributed by atoms with Gasteiger partial charge in [0.1, 0.15) is 0 Å². The topological polar surface area (TPSA) is 83.5 Å². The first-order valence-electron chi connectivity index (χ1n) is 6.01. The quantitative estimate of drug-likeness (QED) is 0.894. The number of carbonyl (C=O) groups is 1. The van der Waals surface area contributed by atoms with Gasteiger partial charge < -0.3 is 10.4 Å². The minimum Gasteiger partial charge on any atom is -0.465 e. The van der Waals surface area contributed by atoms with Crippen molar-refractivity contribution in [3.63, 3.8) is 0 Å². The van der Waals surface area contributed by atoms with Gasteiger partial charge in [-0.1, -0.05) is 6.07 Å². The predicted molar refractivity (Wildman–Crippen MR) is 66.6 cm³/mol. The average molecular weight is 323 g/mol. The second kappa shape index (κ2) is 5.21. The van der Waals surface area contributed by atoms with E-state index in [1.54, 1.807) is 0 Å². The zero-order valence-electron chi connectivity index (χ0n) is 10.6. The van der Waals surface area contributed by atoms with Gasteiger partial charge in [0, 0.05) is 6.04 Å². The highest BCUT2D eigenvalue weighted by molar-refractivity contribution is 7.92. The second-order valence-corrected chi connectivity index (χ2v) is 7.04. The molecule has 2 rings (SSSR count). The Balaban J connectivity index is 2.17. The average Bonchev–Trinajstić information content (AvgIpc) is 2.32. The van der Waals surface area contributed by atoms with Gasteiger partial charge in [-0.2, -0.15) is 13.2 Å². The van der Waals surface area contributed by atoms with Crippen molar-refractivity contribution in [2.45, 2.75) is 35.2 Å². The molecule has 1 aliphatic rings. The van der Waals surface area contributed by atoms with E-state index in [2.05, 4.69) is 5.32 Å². The molecule has 0 heterocycles. The summed E-state index contributed by atoms with van der Waals surface area (Å²) in [5.41, 5.74) is -1.02. The minimum absolute atomic E-state index is 0.0604. The fraction of sp³-hybridized carbons (Fsp3) is 0.417. The molecule has 0 bridgehead atoms. The van der Waals surface area contributed by atoms with Crippen molar-refractivity contribution >= 4 is 15.9 Å². The van der Waals surface area contributed by atoms with Gasteiger partial charge in [0.2, 0.25) is 0 Å². The lowest BCUT2D eigenvalue weighted by Crippen LogP contribution is -2.49. The first kappa shape index (κ1) is 15.6. The van der Waals surface area contributed by atoms with E-state index >= 15 is 0 Å². The van der Waals surface area contributed by atoms with Crippen LogP contribution in [-0.4, -0.2) is 30.9 Å².